The molecule has 1 aromatic carbocycles. The molecule has 0 atom stereocenters. The smallest absolute Gasteiger partial charge is 0.241 e. The summed E-state index contributed by atoms with van der Waals surface area (Å²) in [6, 6.07) is 2.15. The molecule has 0 saturated heterocycles. The van der Waals surface area contributed by atoms with Crippen molar-refractivity contribution in [1.82, 2.24) is 14.9 Å². The van der Waals surface area contributed by atoms with Gasteiger partial charge >= 0.3 is 0 Å². The van der Waals surface area contributed by atoms with Crippen LogP contribution in [0.2, 0.25) is 0 Å². The zero-order valence-corrected chi connectivity index (χ0v) is 11.7. The number of nitrogens with two attached hydrogens (primary N) is 1. The van der Waals surface area contributed by atoms with Crippen LogP contribution in [0.15, 0.2) is 21.6 Å². The zero-order valence-electron chi connectivity index (χ0n) is 10.8. The monoisotopic (exact) mass is 300 g/mol. The molecule has 0 fully saturated rings. The Morgan fingerprint density at radius 1 is 1.40 bits per heavy atom. The quantitative estimate of drug-likeness (QED) is 0.811. The predicted octanol–water partition coefficient (Wildman–Crippen LogP) is 0.886. The summed E-state index contributed by atoms with van der Waals surface area (Å²) in [4.78, 5) is 3.79. The van der Waals surface area contributed by atoms with Crippen molar-refractivity contribution in [2.75, 3.05) is 5.73 Å². The number of halogens is 1. The highest BCUT2D eigenvalue weighted by atomic mass is 32.2. The fourth-order valence-corrected chi connectivity index (χ4v) is 2.85. The lowest BCUT2D eigenvalue weighted by atomic mass is 10.2. The lowest BCUT2D eigenvalue weighted by Crippen LogP contribution is -2.24. The third kappa shape index (κ3) is 2.94. The first-order valence-electron chi connectivity index (χ1n) is 5.64. The van der Waals surface area contributed by atoms with E-state index in [0.29, 0.717) is 5.89 Å². The van der Waals surface area contributed by atoms with Gasteiger partial charge in [-0.05, 0) is 24.6 Å². The van der Waals surface area contributed by atoms with Crippen molar-refractivity contribution in [2.24, 2.45) is 0 Å². The highest BCUT2D eigenvalue weighted by Gasteiger charge is 2.19. The van der Waals surface area contributed by atoms with E-state index in [4.69, 9.17) is 10.3 Å². The maximum Gasteiger partial charge on any atom is 0.241 e. The minimum Gasteiger partial charge on any atom is -0.396 e. The molecule has 0 bridgehead atoms. The number of rotatable bonds is 4. The van der Waals surface area contributed by atoms with Crippen LogP contribution in [0.25, 0.3) is 0 Å². The van der Waals surface area contributed by atoms with Crippen LogP contribution in [0.5, 0.6) is 0 Å². The van der Waals surface area contributed by atoms with Gasteiger partial charge in [-0.25, -0.2) is 17.5 Å². The van der Waals surface area contributed by atoms with Gasteiger partial charge in [0.05, 0.1) is 17.1 Å². The summed E-state index contributed by atoms with van der Waals surface area (Å²) in [6.45, 7) is 2.95. The van der Waals surface area contributed by atoms with Gasteiger partial charge in [0.2, 0.25) is 15.9 Å². The van der Waals surface area contributed by atoms with E-state index in [-0.39, 0.29) is 28.5 Å². The number of benzene rings is 1. The van der Waals surface area contributed by atoms with Gasteiger partial charge in [0, 0.05) is 6.92 Å². The molecule has 0 spiro atoms. The fourth-order valence-electron chi connectivity index (χ4n) is 1.61. The molecule has 108 valence electrons. The number of aryl methyl sites for hydroxylation is 2. The van der Waals surface area contributed by atoms with Crippen molar-refractivity contribution in [3.05, 3.63) is 35.2 Å². The number of sulfonamides is 1. The number of nitrogens with zero attached hydrogens (tertiary/aromatic N) is 2. The number of hydrogen-bond acceptors (Lipinski definition) is 6. The van der Waals surface area contributed by atoms with Crippen LogP contribution >= 0.6 is 0 Å². The van der Waals surface area contributed by atoms with Crippen molar-refractivity contribution < 1.29 is 17.3 Å². The van der Waals surface area contributed by atoms with E-state index in [1.54, 1.807) is 6.92 Å². The first-order chi connectivity index (χ1) is 9.29. The molecule has 7 nitrogen and oxygen atoms in total. The molecule has 0 unspecified atom stereocenters. The van der Waals surface area contributed by atoms with E-state index in [0.717, 1.165) is 12.1 Å². The van der Waals surface area contributed by atoms with Gasteiger partial charge in [0.1, 0.15) is 5.82 Å². The third-order valence-electron chi connectivity index (χ3n) is 2.57. The highest BCUT2D eigenvalue weighted by Crippen LogP contribution is 2.21. The van der Waals surface area contributed by atoms with E-state index in [1.165, 1.54) is 6.92 Å². The van der Waals surface area contributed by atoms with E-state index in [1.807, 2.05) is 0 Å². The van der Waals surface area contributed by atoms with Gasteiger partial charge in [-0.1, -0.05) is 5.16 Å². The summed E-state index contributed by atoms with van der Waals surface area (Å²) in [7, 11) is -3.84. The van der Waals surface area contributed by atoms with Gasteiger partial charge < -0.3 is 10.3 Å². The molecule has 0 radical (unpaired) electrons. The molecule has 2 aromatic rings. The van der Waals surface area contributed by atoms with Crippen LogP contribution in [0.4, 0.5) is 10.1 Å². The van der Waals surface area contributed by atoms with Crippen molar-refractivity contribution >= 4 is 15.7 Å². The maximum absolute atomic E-state index is 13.2. The van der Waals surface area contributed by atoms with Gasteiger partial charge in [-0.2, -0.15) is 4.98 Å². The molecule has 0 amide bonds. The Bertz CT molecular complexity index is 742. The minimum absolute atomic E-state index is 0.0865. The SMILES string of the molecule is Cc1nc(CNS(=O)(=O)c2cc(N)c(F)cc2C)no1. The largest absolute Gasteiger partial charge is 0.396 e. The van der Waals surface area contributed by atoms with E-state index < -0.39 is 15.8 Å². The molecule has 0 saturated carbocycles. The summed E-state index contributed by atoms with van der Waals surface area (Å²) in [5.74, 6) is -0.115. The van der Waals surface area contributed by atoms with Gasteiger partial charge in [0.15, 0.2) is 5.82 Å². The second-order valence-electron chi connectivity index (χ2n) is 4.19. The van der Waals surface area contributed by atoms with Crippen LogP contribution in [-0.2, 0) is 16.6 Å². The number of nitrogen functional groups attached to an aromatic ring is 1. The van der Waals surface area contributed by atoms with Gasteiger partial charge in [0.25, 0.3) is 0 Å². The number of hydrogen-bond donors (Lipinski definition) is 2. The Kier molecular flexibility index (Phi) is 3.73. The molecule has 20 heavy (non-hydrogen) atoms. The van der Waals surface area contributed by atoms with Crippen molar-refractivity contribution in [1.29, 1.82) is 0 Å². The Morgan fingerprint density at radius 3 is 2.70 bits per heavy atom. The number of nitrogens with one attached hydrogen (secondary N) is 1. The molecule has 9 heteroatoms. The lowest BCUT2D eigenvalue weighted by Gasteiger charge is -2.09. The summed E-state index contributed by atoms with van der Waals surface area (Å²) >= 11 is 0. The molecule has 0 aliphatic heterocycles. The first-order valence-corrected chi connectivity index (χ1v) is 7.12. The van der Waals surface area contributed by atoms with E-state index >= 15 is 0 Å². The van der Waals surface area contributed by atoms with E-state index in [2.05, 4.69) is 14.9 Å². The molecule has 2 rings (SSSR count). The van der Waals surface area contributed by atoms with Crippen LogP contribution in [-0.4, -0.2) is 18.6 Å². The standard InChI is InChI=1S/C11H13FN4O3S/c1-6-3-8(12)9(13)4-10(6)20(17,18)14-5-11-15-7(2)19-16-11/h3-4,14H,5,13H2,1-2H3. The second kappa shape index (κ2) is 5.17. The topological polar surface area (TPSA) is 111 Å². The Balaban J connectivity index is 2.24. The highest BCUT2D eigenvalue weighted by molar-refractivity contribution is 7.89. The van der Waals surface area contributed by atoms with Gasteiger partial charge in [-0.15, -0.1) is 0 Å². The molecule has 0 aliphatic rings. The van der Waals surface area contributed by atoms with Crippen LogP contribution in [0, 0.1) is 19.7 Å². The molecule has 1 heterocycles. The van der Waals surface area contributed by atoms with Crippen molar-refractivity contribution in [2.45, 2.75) is 25.3 Å². The summed E-state index contributed by atoms with van der Waals surface area (Å²) in [5.41, 5.74) is 5.42. The molecular formula is C11H13FN4O3S. The Morgan fingerprint density at radius 2 is 2.10 bits per heavy atom. The van der Waals surface area contributed by atoms with Crippen LogP contribution < -0.4 is 10.5 Å². The summed E-state index contributed by atoms with van der Waals surface area (Å²) in [6.07, 6.45) is 0. The maximum atomic E-state index is 13.2. The van der Waals surface area contributed by atoms with Crippen molar-refractivity contribution in [3.63, 3.8) is 0 Å². The van der Waals surface area contributed by atoms with Crippen LogP contribution in [0.1, 0.15) is 17.3 Å². The minimum atomic E-state index is -3.84. The van der Waals surface area contributed by atoms with Gasteiger partial charge in [-0.3, -0.25) is 0 Å². The molecule has 1 aromatic heterocycles. The average Bonchev–Trinajstić information content (AvgIpc) is 2.77. The molecule has 0 aliphatic carbocycles. The zero-order chi connectivity index (χ0) is 14.9. The number of anilines is 1. The summed E-state index contributed by atoms with van der Waals surface area (Å²) < 4.78 is 44.5. The van der Waals surface area contributed by atoms with Crippen molar-refractivity contribution in [3.8, 4) is 0 Å². The predicted molar refractivity (Wildman–Crippen MR) is 68.6 cm³/mol. The van der Waals surface area contributed by atoms with Crippen LogP contribution in [0.3, 0.4) is 0 Å². The Hall–Kier alpha value is -2.00. The molecule has 3 N–H and O–H groups in total. The third-order valence-corrected chi connectivity index (χ3v) is 4.12. The Labute approximate surface area is 115 Å². The summed E-state index contributed by atoms with van der Waals surface area (Å²) in [5, 5.41) is 3.57. The number of aromatic nitrogens is 2. The molecular weight excluding hydrogens is 287 g/mol. The first kappa shape index (κ1) is 14.4. The lowest BCUT2D eigenvalue weighted by molar-refractivity contribution is 0.387. The average molecular weight is 300 g/mol. The normalized spacial score (nSPS) is 11.8. The van der Waals surface area contributed by atoms with E-state index in [9.17, 15) is 12.8 Å². The second-order valence-corrected chi connectivity index (χ2v) is 5.93. The fraction of sp³-hybridized carbons (Fsp3) is 0.273.